The molecule has 3 N–H and O–H groups in total. The molecular formula is C15H25N3. The van der Waals surface area contributed by atoms with E-state index in [1.807, 2.05) is 6.20 Å². The van der Waals surface area contributed by atoms with E-state index >= 15 is 0 Å². The van der Waals surface area contributed by atoms with Gasteiger partial charge in [0, 0.05) is 24.0 Å². The Hall–Kier alpha value is -0.930. The summed E-state index contributed by atoms with van der Waals surface area (Å²) in [6.07, 6.45) is 7.78. The summed E-state index contributed by atoms with van der Waals surface area (Å²) in [7, 11) is 0. The van der Waals surface area contributed by atoms with Crippen LogP contribution in [0.15, 0.2) is 12.3 Å². The summed E-state index contributed by atoms with van der Waals surface area (Å²) in [5.74, 6) is 0. The van der Waals surface area contributed by atoms with Crippen molar-refractivity contribution in [1.29, 1.82) is 0 Å². The van der Waals surface area contributed by atoms with Crippen molar-refractivity contribution >= 4 is 0 Å². The van der Waals surface area contributed by atoms with Crippen LogP contribution in [-0.4, -0.2) is 17.6 Å². The molecular weight excluding hydrogens is 222 g/mol. The van der Waals surface area contributed by atoms with Crippen LogP contribution in [0.4, 0.5) is 0 Å². The Morgan fingerprint density at radius 3 is 2.89 bits per heavy atom. The van der Waals surface area contributed by atoms with Gasteiger partial charge in [-0.25, -0.2) is 0 Å². The Kier molecular flexibility index (Phi) is 4.72. The lowest BCUT2D eigenvalue weighted by molar-refractivity contribution is 0.568. The minimum atomic E-state index is 0.410. The first-order chi connectivity index (χ1) is 8.74. The molecule has 1 aliphatic carbocycles. The van der Waals surface area contributed by atoms with Crippen molar-refractivity contribution < 1.29 is 0 Å². The molecule has 0 amide bonds. The summed E-state index contributed by atoms with van der Waals surface area (Å²) in [6, 6.07) is 3.47. The summed E-state index contributed by atoms with van der Waals surface area (Å²) in [5.41, 5.74) is 9.53. The largest absolute Gasteiger partial charge is 0.330 e. The highest BCUT2D eigenvalue weighted by molar-refractivity contribution is 5.27. The van der Waals surface area contributed by atoms with Gasteiger partial charge in [0.05, 0.1) is 0 Å². The number of rotatable bonds is 7. The molecule has 1 aromatic rings. The molecule has 1 unspecified atom stereocenters. The van der Waals surface area contributed by atoms with Crippen LogP contribution in [0.1, 0.15) is 56.0 Å². The van der Waals surface area contributed by atoms with E-state index in [1.54, 1.807) is 0 Å². The summed E-state index contributed by atoms with van der Waals surface area (Å²) in [5, 5.41) is 3.63. The molecule has 1 heterocycles. The van der Waals surface area contributed by atoms with Gasteiger partial charge in [0.25, 0.3) is 0 Å². The number of nitrogens with two attached hydrogens (primary N) is 1. The first kappa shape index (κ1) is 13.5. The molecule has 0 saturated heterocycles. The lowest BCUT2D eigenvalue weighted by Crippen LogP contribution is -2.21. The molecule has 0 spiro atoms. The molecule has 3 heteroatoms. The van der Waals surface area contributed by atoms with Crippen molar-refractivity contribution in [2.45, 2.75) is 58.0 Å². The predicted molar refractivity (Wildman–Crippen MR) is 75.6 cm³/mol. The fourth-order valence-corrected chi connectivity index (χ4v) is 2.32. The highest BCUT2D eigenvalue weighted by Crippen LogP contribution is 2.24. The van der Waals surface area contributed by atoms with Gasteiger partial charge in [-0.05, 0) is 56.7 Å². The summed E-state index contributed by atoms with van der Waals surface area (Å²) >= 11 is 0. The molecule has 1 aromatic heterocycles. The maximum Gasteiger partial charge on any atom is 0.0433 e. The standard InChI is InChI=1S/C15H25N3/c1-3-15-12(5-4-8-16)9-13(10-17-15)11(2)18-14-6-7-14/h9-11,14,18H,3-8,16H2,1-2H3. The fraction of sp³-hybridized carbons (Fsp3) is 0.667. The van der Waals surface area contributed by atoms with E-state index in [1.165, 1.54) is 29.7 Å². The lowest BCUT2D eigenvalue weighted by Gasteiger charge is -2.16. The first-order valence-electron chi connectivity index (χ1n) is 7.18. The first-order valence-corrected chi connectivity index (χ1v) is 7.18. The monoisotopic (exact) mass is 247 g/mol. The van der Waals surface area contributed by atoms with Crippen molar-refractivity contribution in [2.75, 3.05) is 6.54 Å². The second-order valence-electron chi connectivity index (χ2n) is 5.28. The molecule has 1 atom stereocenters. The van der Waals surface area contributed by atoms with Gasteiger partial charge in [-0.3, -0.25) is 4.98 Å². The van der Waals surface area contributed by atoms with Crippen LogP contribution in [0.5, 0.6) is 0 Å². The van der Waals surface area contributed by atoms with Crippen molar-refractivity contribution in [3.05, 3.63) is 29.1 Å². The maximum absolute atomic E-state index is 5.61. The Labute approximate surface area is 110 Å². The zero-order valence-electron chi connectivity index (χ0n) is 11.6. The zero-order chi connectivity index (χ0) is 13.0. The average molecular weight is 247 g/mol. The van der Waals surface area contributed by atoms with Crippen molar-refractivity contribution in [3.63, 3.8) is 0 Å². The normalized spacial score (nSPS) is 16.8. The minimum Gasteiger partial charge on any atom is -0.330 e. The number of nitrogens with zero attached hydrogens (tertiary/aromatic N) is 1. The fourth-order valence-electron chi connectivity index (χ4n) is 2.32. The smallest absolute Gasteiger partial charge is 0.0433 e. The van der Waals surface area contributed by atoms with E-state index in [9.17, 15) is 0 Å². The van der Waals surface area contributed by atoms with E-state index in [-0.39, 0.29) is 0 Å². The Balaban J connectivity index is 2.09. The van der Waals surface area contributed by atoms with Gasteiger partial charge >= 0.3 is 0 Å². The molecule has 1 saturated carbocycles. The second-order valence-corrected chi connectivity index (χ2v) is 5.28. The van der Waals surface area contributed by atoms with E-state index in [0.29, 0.717) is 6.04 Å². The third-order valence-electron chi connectivity index (χ3n) is 3.63. The van der Waals surface area contributed by atoms with E-state index < -0.39 is 0 Å². The van der Waals surface area contributed by atoms with Crippen LogP contribution in [0, 0.1) is 0 Å². The van der Waals surface area contributed by atoms with Gasteiger partial charge in [0.1, 0.15) is 0 Å². The number of hydrogen-bond acceptors (Lipinski definition) is 3. The van der Waals surface area contributed by atoms with Crippen LogP contribution >= 0.6 is 0 Å². The molecule has 18 heavy (non-hydrogen) atoms. The Morgan fingerprint density at radius 2 is 2.28 bits per heavy atom. The van der Waals surface area contributed by atoms with Crippen LogP contribution < -0.4 is 11.1 Å². The summed E-state index contributed by atoms with van der Waals surface area (Å²) < 4.78 is 0. The highest BCUT2D eigenvalue weighted by atomic mass is 15.0. The van der Waals surface area contributed by atoms with Gasteiger partial charge in [-0.1, -0.05) is 13.0 Å². The van der Waals surface area contributed by atoms with Crippen LogP contribution in [-0.2, 0) is 12.8 Å². The van der Waals surface area contributed by atoms with Crippen molar-refractivity contribution in [3.8, 4) is 0 Å². The topological polar surface area (TPSA) is 50.9 Å². The highest BCUT2D eigenvalue weighted by Gasteiger charge is 2.23. The molecule has 0 aliphatic heterocycles. The van der Waals surface area contributed by atoms with Crippen LogP contribution in [0.2, 0.25) is 0 Å². The van der Waals surface area contributed by atoms with Crippen molar-refractivity contribution in [1.82, 2.24) is 10.3 Å². The predicted octanol–water partition coefficient (Wildman–Crippen LogP) is 2.35. The number of hydrogen-bond donors (Lipinski definition) is 2. The van der Waals surface area contributed by atoms with Gasteiger partial charge < -0.3 is 11.1 Å². The van der Waals surface area contributed by atoms with Crippen LogP contribution in [0.3, 0.4) is 0 Å². The summed E-state index contributed by atoms with van der Waals surface area (Å²) in [4.78, 5) is 4.62. The minimum absolute atomic E-state index is 0.410. The molecule has 0 aromatic carbocycles. The van der Waals surface area contributed by atoms with E-state index in [4.69, 9.17) is 5.73 Å². The van der Waals surface area contributed by atoms with Gasteiger partial charge in [0.15, 0.2) is 0 Å². The molecule has 3 nitrogen and oxygen atoms in total. The van der Waals surface area contributed by atoms with E-state index in [2.05, 4.69) is 30.2 Å². The molecule has 1 aliphatic rings. The SMILES string of the molecule is CCc1ncc(C(C)NC2CC2)cc1CCCN. The molecule has 0 bridgehead atoms. The molecule has 1 fully saturated rings. The maximum atomic E-state index is 5.61. The lowest BCUT2D eigenvalue weighted by atomic mass is 10.0. The summed E-state index contributed by atoms with van der Waals surface area (Å²) in [6.45, 7) is 5.15. The van der Waals surface area contributed by atoms with Crippen molar-refractivity contribution in [2.24, 2.45) is 5.73 Å². The Morgan fingerprint density at radius 1 is 1.50 bits per heavy atom. The number of nitrogens with one attached hydrogen (secondary N) is 1. The second kappa shape index (κ2) is 6.30. The quantitative estimate of drug-likeness (QED) is 0.777. The third kappa shape index (κ3) is 3.53. The molecule has 100 valence electrons. The number of aromatic nitrogens is 1. The Bertz CT molecular complexity index is 385. The van der Waals surface area contributed by atoms with E-state index in [0.717, 1.165) is 31.8 Å². The number of aryl methyl sites for hydroxylation is 2. The van der Waals surface area contributed by atoms with Gasteiger partial charge in [0.2, 0.25) is 0 Å². The van der Waals surface area contributed by atoms with Gasteiger partial charge in [-0.2, -0.15) is 0 Å². The molecule has 0 radical (unpaired) electrons. The van der Waals surface area contributed by atoms with Gasteiger partial charge in [-0.15, -0.1) is 0 Å². The number of pyridine rings is 1. The zero-order valence-corrected chi connectivity index (χ0v) is 11.6. The van der Waals surface area contributed by atoms with Crippen LogP contribution in [0.25, 0.3) is 0 Å². The third-order valence-corrected chi connectivity index (χ3v) is 3.63. The average Bonchev–Trinajstić information content (AvgIpc) is 3.19. The molecule has 2 rings (SSSR count).